The molecule has 0 aromatic heterocycles. The van der Waals surface area contributed by atoms with Crippen LogP contribution in [0.1, 0.15) is 36.5 Å². The van der Waals surface area contributed by atoms with Crippen molar-refractivity contribution in [3.63, 3.8) is 0 Å². The van der Waals surface area contributed by atoms with Gasteiger partial charge in [-0.3, -0.25) is 0 Å². The number of rotatable bonds is 5. The number of carbonyl (C=O) groups is 1. The quantitative estimate of drug-likeness (QED) is 0.499. The average molecular weight is 374 g/mol. The van der Waals surface area contributed by atoms with Gasteiger partial charge in [-0.05, 0) is 54.3 Å². The molecule has 0 radical (unpaired) electrons. The molecule has 0 spiro atoms. The second-order valence-corrected chi connectivity index (χ2v) is 6.62. The zero-order valence-electron chi connectivity index (χ0n) is 13.8. The number of ether oxygens (including phenoxy) is 1. The van der Waals surface area contributed by atoms with E-state index in [1.807, 2.05) is 24.3 Å². The summed E-state index contributed by atoms with van der Waals surface area (Å²) in [7, 11) is 0. The van der Waals surface area contributed by atoms with Gasteiger partial charge in [0.15, 0.2) is 5.70 Å². The Kier molecular flexibility index (Phi) is 5.57. The summed E-state index contributed by atoms with van der Waals surface area (Å²) >= 11 is 11.9. The fraction of sp³-hybridized carbons (Fsp3) is 0.200. The normalized spacial score (nSPS) is 15.4. The third-order valence-corrected chi connectivity index (χ3v) is 4.63. The number of hydrogen-bond acceptors (Lipinski definition) is 3. The number of hydrogen-bond donors (Lipinski definition) is 0. The summed E-state index contributed by atoms with van der Waals surface area (Å²) in [5.74, 6) is -0.158. The number of aliphatic imine (C=N–C) groups is 1. The molecule has 3 nitrogen and oxygen atoms in total. The number of nitrogens with zero attached hydrogens (tertiary/aromatic N) is 1. The molecule has 1 heterocycles. The molecule has 0 N–H and O–H groups in total. The van der Waals surface area contributed by atoms with Crippen LogP contribution in [-0.4, -0.2) is 11.9 Å². The van der Waals surface area contributed by atoms with Crippen LogP contribution in [0.25, 0.3) is 6.08 Å². The van der Waals surface area contributed by atoms with Crippen molar-refractivity contribution in [2.24, 2.45) is 4.99 Å². The van der Waals surface area contributed by atoms with Crippen LogP contribution in [-0.2, 0) is 16.0 Å². The molecule has 0 bridgehead atoms. The second-order valence-electron chi connectivity index (χ2n) is 5.81. The predicted octanol–water partition coefficient (Wildman–Crippen LogP) is 5.68. The highest BCUT2D eigenvalue weighted by atomic mass is 35.5. The Morgan fingerprint density at radius 3 is 2.52 bits per heavy atom. The molecule has 0 amide bonds. The fourth-order valence-corrected chi connectivity index (χ4v) is 2.79. The van der Waals surface area contributed by atoms with E-state index in [-0.39, 0.29) is 5.70 Å². The highest BCUT2D eigenvalue weighted by Gasteiger charge is 2.24. The molecule has 1 aliphatic rings. The van der Waals surface area contributed by atoms with Crippen LogP contribution in [0, 0.1) is 0 Å². The fourth-order valence-electron chi connectivity index (χ4n) is 2.49. The number of aryl methyl sites for hydroxylation is 1. The van der Waals surface area contributed by atoms with Crippen molar-refractivity contribution < 1.29 is 9.53 Å². The molecule has 0 aliphatic carbocycles. The van der Waals surface area contributed by atoms with E-state index < -0.39 is 5.97 Å². The zero-order chi connectivity index (χ0) is 17.8. The van der Waals surface area contributed by atoms with Crippen molar-refractivity contribution in [3.05, 3.63) is 74.9 Å². The minimum Gasteiger partial charge on any atom is -0.402 e. The van der Waals surface area contributed by atoms with Crippen LogP contribution in [0.2, 0.25) is 10.0 Å². The minimum absolute atomic E-state index is 0.239. The Morgan fingerprint density at radius 2 is 1.84 bits per heavy atom. The molecule has 25 heavy (non-hydrogen) atoms. The lowest BCUT2D eigenvalue weighted by Gasteiger charge is -2.02. The maximum absolute atomic E-state index is 12.1. The lowest BCUT2D eigenvalue weighted by Crippen LogP contribution is -2.05. The molecule has 128 valence electrons. The third kappa shape index (κ3) is 4.30. The van der Waals surface area contributed by atoms with Gasteiger partial charge in [-0.15, -0.1) is 0 Å². The van der Waals surface area contributed by atoms with Gasteiger partial charge in [0.05, 0.1) is 10.0 Å². The largest absolute Gasteiger partial charge is 0.402 e. The molecule has 1 aliphatic heterocycles. The zero-order valence-corrected chi connectivity index (χ0v) is 15.3. The van der Waals surface area contributed by atoms with Gasteiger partial charge >= 0.3 is 5.97 Å². The lowest BCUT2D eigenvalue weighted by molar-refractivity contribution is -0.129. The second kappa shape index (κ2) is 7.85. The molecule has 0 fully saturated rings. The Hall–Kier alpha value is -2.10. The first-order valence-electron chi connectivity index (χ1n) is 8.13. The average Bonchev–Trinajstić information content (AvgIpc) is 2.97. The Morgan fingerprint density at radius 1 is 1.08 bits per heavy atom. The van der Waals surface area contributed by atoms with Crippen molar-refractivity contribution in [1.29, 1.82) is 0 Å². The maximum Gasteiger partial charge on any atom is 0.363 e. The standard InChI is InChI=1S/C20H17Cl2NO2/c1-2-3-4-13-5-8-15(9-6-13)19-23-18(20(24)25-19)12-14-7-10-16(21)17(22)11-14/h5-12H,2-4H2,1H3/b18-12-. The van der Waals surface area contributed by atoms with E-state index in [9.17, 15) is 4.79 Å². The van der Waals surface area contributed by atoms with Crippen LogP contribution < -0.4 is 0 Å². The summed E-state index contributed by atoms with van der Waals surface area (Å²) in [6, 6.07) is 13.1. The smallest absolute Gasteiger partial charge is 0.363 e. The molecule has 0 atom stereocenters. The van der Waals surface area contributed by atoms with Crippen molar-refractivity contribution in [1.82, 2.24) is 0 Å². The van der Waals surface area contributed by atoms with E-state index in [0.29, 0.717) is 15.9 Å². The van der Waals surface area contributed by atoms with Gasteiger partial charge in [0.25, 0.3) is 0 Å². The summed E-state index contributed by atoms with van der Waals surface area (Å²) in [4.78, 5) is 16.4. The Labute approximate surface area is 156 Å². The molecule has 0 saturated carbocycles. The van der Waals surface area contributed by atoms with Gasteiger partial charge in [0, 0.05) is 5.56 Å². The van der Waals surface area contributed by atoms with E-state index in [1.54, 1.807) is 24.3 Å². The van der Waals surface area contributed by atoms with Crippen LogP contribution >= 0.6 is 23.2 Å². The van der Waals surface area contributed by atoms with Gasteiger partial charge in [0.2, 0.25) is 5.90 Å². The summed E-state index contributed by atoms with van der Waals surface area (Å²) in [6.07, 6.45) is 5.00. The summed E-state index contributed by atoms with van der Waals surface area (Å²) in [5.41, 5.74) is 3.03. The molecule has 5 heteroatoms. The first kappa shape index (κ1) is 17.7. The summed E-state index contributed by atoms with van der Waals surface area (Å²) in [6.45, 7) is 2.17. The monoisotopic (exact) mass is 373 g/mol. The van der Waals surface area contributed by atoms with E-state index >= 15 is 0 Å². The lowest BCUT2D eigenvalue weighted by atomic mass is 10.1. The molecule has 0 saturated heterocycles. The van der Waals surface area contributed by atoms with Gasteiger partial charge in [-0.25, -0.2) is 9.79 Å². The first-order valence-corrected chi connectivity index (χ1v) is 8.89. The predicted molar refractivity (Wildman–Crippen MR) is 102 cm³/mol. The van der Waals surface area contributed by atoms with Crippen LogP contribution in [0.4, 0.5) is 0 Å². The number of benzene rings is 2. The maximum atomic E-state index is 12.1. The third-order valence-electron chi connectivity index (χ3n) is 3.89. The van der Waals surface area contributed by atoms with Gasteiger partial charge in [-0.1, -0.05) is 54.7 Å². The van der Waals surface area contributed by atoms with E-state index in [4.69, 9.17) is 27.9 Å². The number of carbonyl (C=O) groups excluding carboxylic acids is 1. The minimum atomic E-state index is -0.476. The van der Waals surface area contributed by atoms with Crippen molar-refractivity contribution in [2.75, 3.05) is 0 Å². The Bertz CT molecular complexity index is 854. The molecule has 0 unspecified atom stereocenters. The number of esters is 1. The highest BCUT2D eigenvalue weighted by molar-refractivity contribution is 6.42. The number of halogens is 2. The summed E-state index contributed by atoms with van der Waals surface area (Å²) < 4.78 is 5.29. The molecular weight excluding hydrogens is 357 g/mol. The molecule has 3 rings (SSSR count). The van der Waals surface area contributed by atoms with Crippen molar-refractivity contribution in [3.8, 4) is 0 Å². The topological polar surface area (TPSA) is 38.7 Å². The molecule has 2 aromatic rings. The van der Waals surface area contributed by atoms with E-state index in [0.717, 1.165) is 30.4 Å². The van der Waals surface area contributed by atoms with E-state index in [2.05, 4.69) is 11.9 Å². The first-order chi connectivity index (χ1) is 12.1. The van der Waals surface area contributed by atoms with Gasteiger partial charge in [0.1, 0.15) is 0 Å². The van der Waals surface area contributed by atoms with Crippen LogP contribution in [0.15, 0.2) is 53.2 Å². The van der Waals surface area contributed by atoms with Gasteiger partial charge in [-0.2, -0.15) is 0 Å². The van der Waals surface area contributed by atoms with Crippen molar-refractivity contribution >= 4 is 41.1 Å². The van der Waals surface area contributed by atoms with Gasteiger partial charge < -0.3 is 4.74 Å². The highest BCUT2D eigenvalue weighted by Crippen LogP contribution is 2.25. The molecular formula is C20H17Cl2NO2. The van der Waals surface area contributed by atoms with Crippen molar-refractivity contribution in [2.45, 2.75) is 26.2 Å². The van der Waals surface area contributed by atoms with Crippen LogP contribution in [0.3, 0.4) is 0 Å². The SMILES string of the molecule is CCCCc1ccc(C2=N/C(=C\c3ccc(Cl)c(Cl)c3)C(=O)O2)cc1. The van der Waals surface area contributed by atoms with Crippen LogP contribution in [0.5, 0.6) is 0 Å². The number of unbranched alkanes of at least 4 members (excludes halogenated alkanes) is 1. The van der Waals surface area contributed by atoms with E-state index in [1.165, 1.54) is 5.56 Å². The summed E-state index contributed by atoms with van der Waals surface area (Å²) in [5, 5.41) is 0.888. The molecule has 2 aromatic carbocycles. The Balaban J connectivity index is 1.82. The number of cyclic esters (lactones) is 1.